The van der Waals surface area contributed by atoms with Gasteiger partial charge in [0.25, 0.3) is 0 Å². The number of hydrogen-bond acceptors (Lipinski definition) is 5. The van der Waals surface area contributed by atoms with Crippen LogP contribution in [-0.2, 0) is 25.7 Å². The van der Waals surface area contributed by atoms with Gasteiger partial charge < -0.3 is 24.5 Å². The van der Waals surface area contributed by atoms with Gasteiger partial charge in [-0.1, -0.05) is 81.8 Å². The van der Waals surface area contributed by atoms with Gasteiger partial charge in [-0.2, -0.15) is 0 Å². The van der Waals surface area contributed by atoms with Crippen LogP contribution in [0.1, 0.15) is 45.6 Å². The number of aliphatic hydroxyl groups excluding tert-OH is 1. The van der Waals surface area contributed by atoms with E-state index in [2.05, 4.69) is 6.92 Å². The highest BCUT2D eigenvalue weighted by Crippen LogP contribution is 2.54. The van der Waals surface area contributed by atoms with Gasteiger partial charge in [0.2, 0.25) is 17.7 Å². The van der Waals surface area contributed by atoms with E-state index < -0.39 is 35.6 Å². The molecule has 3 amide bonds. The average Bonchev–Trinajstić information content (AvgIpc) is 3.25. The number of benzene rings is 1. The van der Waals surface area contributed by atoms with E-state index in [1.165, 1.54) is 0 Å². The van der Waals surface area contributed by atoms with E-state index in [9.17, 15) is 19.5 Å². The van der Waals surface area contributed by atoms with Crippen molar-refractivity contribution in [2.75, 3.05) is 26.2 Å². The molecule has 1 aromatic rings. The van der Waals surface area contributed by atoms with Gasteiger partial charge >= 0.3 is 0 Å². The smallest absolute Gasteiger partial charge is 0.249 e. The summed E-state index contributed by atoms with van der Waals surface area (Å²) in [4.78, 5) is 47.9. The van der Waals surface area contributed by atoms with E-state index in [4.69, 9.17) is 4.74 Å². The largest absolute Gasteiger partial charge is 0.394 e. The summed E-state index contributed by atoms with van der Waals surface area (Å²) < 4.78 is 6.72. The number of nitrogens with zero attached hydrogens (tertiary/aromatic N) is 3. The fourth-order valence-electron chi connectivity index (χ4n) is 6.88. The normalized spacial score (nSPS) is 30.9. The summed E-state index contributed by atoms with van der Waals surface area (Å²) in [5.74, 6) is -1.95. The van der Waals surface area contributed by atoms with E-state index in [0.717, 1.165) is 18.4 Å². The summed E-state index contributed by atoms with van der Waals surface area (Å²) in [6, 6.07) is 8.36. The van der Waals surface area contributed by atoms with Gasteiger partial charge in [0.05, 0.1) is 30.6 Å². The fraction of sp³-hybridized carbons (Fsp3) is 0.581. The molecule has 8 nitrogen and oxygen atoms in total. The fourth-order valence-corrected chi connectivity index (χ4v) is 6.88. The molecule has 1 N–H and O–H groups in total. The summed E-state index contributed by atoms with van der Waals surface area (Å²) in [5.41, 5.74) is -0.248. The van der Waals surface area contributed by atoms with Crippen LogP contribution in [0.4, 0.5) is 0 Å². The Morgan fingerprint density at radius 2 is 1.77 bits per heavy atom. The Labute approximate surface area is 231 Å². The van der Waals surface area contributed by atoms with Gasteiger partial charge in [0.1, 0.15) is 11.6 Å². The monoisotopic (exact) mass is 535 g/mol. The Balaban J connectivity index is 1.56. The van der Waals surface area contributed by atoms with Crippen LogP contribution in [0.15, 0.2) is 54.6 Å². The Bertz CT molecular complexity index is 1130. The first kappa shape index (κ1) is 27.6. The lowest BCUT2D eigenvalue weighted by molar-refractivity contribution is -0.151. The molecule has 4 aliphatic heterocycles. The number of fused-ring (bicyclic) bond motifs is 2. The molecule has 1 unspecified atom stereocenters. The number of hydrogen-bond donors (Lipinski definition) is 1. The predicted molar refractivity (Wildman–Crippen MR) is 147 cm³/mol. The maximum absolute atomic E-state index is 14.4. The SMILES string of the molecule is CCCCN1CC=C[C@]23O[C@@H]4C=CCN(Cc5ccccc5)C(=O)[C@@H]4[C@H]2C(=O)N([C@@H](CO)CC(C)C)C3C1=O. The molecule has 5 rings (SSSR count). The minimum absolute atomic E-state index is 0.137. The molecule has 4 heterocycles. The number of rotatable bonds is 9. The maximum atomic E-state index is 14.4. The molecule has 4 aliphatic rings. The van der Waals surface area contributed by atoms with E-state index in [1.54, 1.807) is 14.7 Å². The number of ether oxygens (including phenoxy) is 1. The number of carbonyl (C=O) groups excluding carboxylic acids is 3. The van der Waals surface area contributed by atoms with Crippen LogP contribution in [0.5, 0.6) is 0 Å². The minimum Gasteiger partial charge on any atom is -0.394 e. The second kappa shape index (κ2) is 11.3. The molecule has 2 saturated heterocycles. The van der Waals surface area contributed by atoms with Crippen LogP contribution in [-0.4, -0.2) is 87.6 Å². The molecule has 0 aliphatic carbocycles. The highest BCUT2D eigenvalue weighted by molar-refractivity contribution is 6.00. The first-order chi connectivity index (χ1) is 18.8. The standard InChI is InChI=1S/C31H41N3O5/c1-4-5-15-32-17-10-14-31-26(29(37)34(27(31)30(32)38)23(20-35)18-21(2)3)25-24(39-31)13-9-16-33(28(25)36)19-22-11-7-6-8-12-22/h6-14,21,23-27,35H,4-5,15-20H2,1-3H3/t23-,24-,25+,26+,27?,31+/m1/s1. The number of unbranched alkanes of at least 4 members (excludes halogenated alkanes) is 1. The van der Waals surface area contributed by atoms with Gasteiger partial charge in [-0.25, -0.2) is 0 Å². The Hall–Kier alpha value is -2.97. The Morgan fingerprint density at radius 3 is 2.46 bits per heavy atom. The molecule has 210 valence electrons. The lowest BCUT2D eigenvalue weighted by atomic mass is 9.77. The molecule has 6 atom stereocenters. The minimum atomic E-state index is -1.26. The third-order valence-corrected chi connectivity index (χ3v) is 8.61. The van der Waals surface area contributed by atoms with Gasteiger partial charge in [-0.05, 0) is 24.3 Å². The second-order valence-corrected chi connectivity index (χ2v) is 11.7. The van der Waals surface area contributed by atoms with Crippen LogP contribution in [0, 0.1) is 17.8 Å². The van der Waals surface area contributed by atoms with Crippen molar-refractivity contribution >= 4 is 17.7 Å². The third kappa shape index (κ3) is 4.82. The first-order valence-electron chi connectivity index (χ1n) is 14.4. The lowest BCUT2D eigenvalue weighted by Crippen LogP contribution is -2.58. The first-order valence-corrected chi connectivity index (χ1v) is 14.4. The molecule has 0 aromatic heterocycles. The molecular formula is C31H41N3O5. The Morgan fingerprint density at radius 1 is 1.03 bits per heavy atom. The van der Waals surface area contributed by atoms with Gasteiger partial charge in [-0.15, -0.1) is 0 Å². The summed E-state index contributed by atoms with van der Waals surface area (Å²) in [6.45, 7) is 7.78. The van der Waals surface area contributed by atoms with Crippen molar-refractivity contribution in [1.82, 2.24) is 14.7 Å². The second-order valence-electron chi connectivity index (χ2n) is 11.7. The predicted octanol–water partition coefficient (Wildman–Crippen LogP) is 2.77. The number of likely N-dealkylation sites (tertiary alicyclic amines) is 1. The molecule has 39 heavy (non-hydrogen) atoms. The van der Waals surface area contributed by atoms with Crippen molar-refractivity contribution in [3.8, 4) is 0 Å². The van der Waals surface area contributed by atoms with Gasteiger partial charge in [-0.3, -0.25) is 14.4 Å². The zero-order valence-electron chi connectivity index (χ0n) is 23.2. The zero-order valence-corrected chi connectivity index (χ0v) is 23.2. The topological polar surface area (TPSA) is 90.4 Å². The van der Waals surface area contributed by atoms with Crippen LogP contribution in [0.25, 0.3) is 0 Å². The third-order valence-electron chi connectivity index (χ3n) is 8.61. The zero-order chi connectivity index (χ0) is 27.7. The van der Waals surface area contributed by atoms with Crippen molar-refractivity contribution in [2.24, 2.45) is 17.8 Å². The van der Waals surface area contributed by atoms with Crippen molar-refractivity contribution in [3.63, 3.8) is 0 Å². The summed E-state index contributed by atoms with van der Waals surface area (Å²) in [6.07, 6.45) is 9.38. The van der Waals surface area contributed by atoms with Gasteiger partial charge in [0, 0.05) is 26.2 Å². The van der Waals surface area contributed by atoms with E-state index >= 15 is 0 Å². The highest BCUT2D eigenvalue weighted by atomic mass is 16.5. The number of aliphatic hydroxyl groups is 1. The number of amides is 3. The molecule has 1 aromatic carbocycles. The molecule has 1 spiro atoms. The van der Waals surface area contributed by atoms with E-state index in [-0.39, 0.29) is 30.2 Å². The van der Waals surface area contributed by atoms with Crippen LogP contribution in [0.3, 0.4) is 0 Å². The van der Waals surface area contributed by atoms with Gasteiger partial charge in [0.15, 0.2) is 0 Å². The molecule has 2 fully saturated rings. The van der Waals surface area contributed by atoms with Crippen molar-refractivity contribution in [2.45, 2.75) is 70.4 Å². The highest BCUT2D eigenvalue weighted by Gasteiger charge is 2.72. The quantitative estimate of drug-likeness (QED) is 0.491. The molecule has 0 radical (unpaired) electrons. The molecule has 8 heteroatoms. The van der Waals surface area contributed by atoms with E-state index in [1.807, 2.05) is 68.5 Å². The number of carbonyl (C=O) groups is 3. The van der Waals surface area contributed by atoms with Crippen molar-refractivity contribution < 1.29 is 24.2 Å². The average molecular weight is 536 g/mol. The summed E-state index contributed by atoms with van der Waals surface area (Å²) in [7, 11) is 0. The van der Waals surface area contributed by atoms with Crippen LogP contribution >= 0.6 is 0 Å². The van der Waals surface area contributed by atoms with Crippen LogP contribution in [0.2, 0.25) is 0 Å². The summed E-state index contributed by atoms with van der Waals surface area (Å²) in [5, 5.41) is 10.4. The van der Waals surface area contributed by atoms with Crippen molar-refractivity contribution in [3.05, 3.63) is 60.2 Å². The van der Waals surface area contributed by atoms with Crippen molar-refractivity contribution in [1.29, 1.82) is 0 Å². The van der Waals surface area contributed by atoms with Crippen LogP contribution < -0.4 is 0 Å². The molecular weight excluding hydrogens is 494 g/mol. The van der Waals surface area contributed by atoms with E-state index in [0.29, 0.717) is 32.6 Å². The Kier molecular flexibility index (Phi) is 7.96. The lowest BCUT2D eigenvalue weighted by Gasteiger charge is -2.39. The molecule has 0 bridgehead atoms. The summed E-state index contributed by atoms with van der Waals surface area (Å²) >= 11 is 0. The molecule has 0 saturated carbocycles. The maximum Gasteiger partial charge on any atom is 0.249 e.